The summed E-state index contributed by atoms with van der Waals surface area (Å²) in [5.41, 5.74) is 1.90. The molecule has 5 heteroatoms. The van der Waals surface area contributed by atoms with Crippen molar-refractivity contribution in [1.29, 1.82) is 0 Å². The molecule has 0 atom stereocenters. The van der Waals surface area contributed by atoms with E-state index in [9.17, 15) is 4.79 Å². The third-order valence-electron chi connectivity index (χ3n) is 5.23. The van der Waals surface area contributed by atoms with Gasteiger partial charge in [-0.15, -0.1) is 0 Å². The maximum atomic E-state index is 12.5. The van der Waals surface area contributed by atoms with Gasteiger partial charge in [0.05, 0.1) is 12.2 Å². The number of rotatable bonds is 7. The van der Waals surface area contributed by atoms with Gasteiger partial charge < -0.3 is 14.5 Å². The highest BCUT2D eigenvalue weighted by molar-refractivity contribution is 5.96. The van der Waals surface area contributed by atoms with Gasteiger partial charge in [0.15, 0.2) is 0 Å². The molecule has 5 nitrogen and oxygen atoms in total. The highest BCUT2D eigenvalue weighted by Crippen LogP contribution is 2.22. The van der Waals surface area contributed by atoms with Gasteiger partial charge in [-0.3, -0.25) is 9.69 Å². The normalized spacial score (nSPS) is 15.7. The van der Waals surface area contributed by atoms with Gasteiger partial charge in [0, 0.05) is 18.7 Å². The molecule has 0 saturated carbocycles. The fourth-order valence-electron chi connectivity index (χ4n) is 3.70. The molecular weight excluding hydrogens is 340 g/mol. The molecule has 0 radical (unpaired) electrons. The van der Waals surface area contributed by atoms with Gasteiger partial charge in [-0.05, 0) is 70.8 Å². The molecule has 2 heterocycles. The molecule has 2 aromatic rings. The van der Waals surface area contributed by atoms with E-state index >= 15 is 0 Å². The molecule has 1 N–H and O–H groups in total. The summed E-state index contributed by atoms with van der Waals surface area (Å²) in [5, 5.41) is 3.09. The summed E-state index contributed by atoms with van der Waals surface area (Å²) < 4.78 is 11.2. The Kier molecular flexibility index (Phi) is 6.56. The number of carbonyl (C=O) groups excluding carboxylic acids is 1. The molecule has 1 aliphatic heterocycles. The number of nitrogens with one attached hydrogen (secondary N) is 1. The number of piperidine rings is 1. The predicted octanol–water partition coefficient (Wildman–Crippen LogP) is 3.94. The molecule has 0 spiro atoms. The summed E-state index contributed by atoms with van der Waals surface area (Å²) >= 11 is 0. The third kappa shape index (κ3) is 5.13. The number of para-hydroxylation sites is 1. The second-order valence-corrected chi connectivity index (χ2v) is 7.30. The first kappa shape index (κ1) is 19.5. The maximum Gasteiger partial charge on any atom is 0.255 e. The molecule has 1 fully saturated rings. The summed E-state index contributed by atoms with van der Waals surface area (Å²) in [6, 6.07) is 9.56. The van der Waals surface area contributed by atoms with Crippen LogP contribution in [0.2, 0.25) is 0 Å². The number of nitrogens with zero attached hydrogens (tertiary/aromatic N) is 1. The Morgan fingerprint density at radius 3 is 2.67 bits per heavy atom. The highest BCUT2D eigenvalue weighted by Gasteiger charge is 2.21. The summed E-state index contributed by atoms with van der Waals surface area (Å²) in [7, 11) is 0. The van der Waals surface area contributed by atoms with Crippen LogP contribution >= 0.6 is 0 Å². The minimum Gasteiger partial charge on any atom is -0.493 e. The number of benzene rings is 1. The first-order valence-electron chi connectivity index (χ1n) is 9.85. The minimum atomic E-state index is -0.0500. The van der Waals surface area contributed by atoms with E-state index in [1.807, 2.05) is 45.0 Å². The van der Waals surface area contributed by atoms with Crippen molar-refractivity contribution in [2.24, 2.45) is 5.92 Å². The van der Waals surface area contributed by atoms with E-state index in [-0.39, 0.29) is 5.91 Å². The van der Waals surface area contributed by atoms with Gasteiger partial charge in [-0.1, -0.05) is 12.1 Å². The topological polar surface area (TPSA) is 54.7 Å². The van der Waals surface area contributed by atoms with E-state index in [4.69, 9.17) is 9.15 Å². The Balaban J connectivity index is 1.46. The summed E-state index contributed by atoms with van der Waals surface area (Å²) in [6.45, 7) is 10.3. The van der Waals surface area contributed by atoms with Crippen molar-refractivity contribution in [2.45, 2.75) is 40.2 Å². The SMILES string of the molecule is CCOc1ccccc1C(=O)NCC1CCN(Cc2cc(C)oc2C)CC1. The Labute approximate surface area is 161 Å². The molecule has 0 bridgehead atoms. The number of aryl methyl sites for hydroxylation is 2. The second-order valence-electron chi connectivity index (χ2n) is 7.30. The molecule has 146 valence electrons. The standard InChI is InChI=1S/C22H30N2O3/c1-4-26-21-8-6-5-7-20(21)22(25)23-14-18-9-11-24(12-10-18)15-19-13-16(2)27-17(19)3/h5-8,13,18H,4,9-12,14-15H2,1-3H3,(H,23,25). The third-order valence-corrected chi connectivity index (χ3v) is 5.23. The van der Waals surface area contributed by atoms with Crippen LogP contribution in [0.5, 0.6) is 5.75 Å². The molecule has 1 amide bonds. The zero-order valence-electron chi connectivity index (χ0n) is 16.6. The van der Waals surface area contributed by atoms with Gasteiger partial charge in [0.2, 0.25) is 0 Å². The average Bonchev–Trinajstić information content (AvgIpc) is 2.98. The number of ether oxygens (including phenoxy) is 1. The largest absolute Gasteiger partial charge is 0.493 e. The molecule has 3 rings (SSSR count). The summed E-state index contributed by atoms with van der Waals surface area (Å²) in [4.78, 5) is 15.0. The van der Waals surface area contributed by atoms with Crippen molar-refractivity contribution >= 4 is 5.91 Å². The molecule has 1 aromatic heterocycles. The van der Waals surface area contributed by atoms with Gasteiger partial charge in [-0.2, -0.15) is 0 Å². The lowest BCUT2D eigenvalue weighted by molar-refractivity contribution is 0.0931. The monoisotopic (exact) mass is 370 g/mol. The van der Waals surface area contributed by atoms with Crippen molar-refractivity contribution in [3.8, 4) is 5.75 Å². The molecule has 27 heavy (non-hydrogen) atoms. The van der Waals surface area contributed by atoms with Crippen LogP contribution in [0.1, 0.15) is 47.2 Å². The van der Waals surface area contributed by atoms with Crippen molar-refractivity contribution in [3.63, 3.8) is 0 Å². The fourth-order valence-corrected chi connectivity index (χ4v) is 3.70. The molecule has 1 aromatic carbocycles. The van der Waals surface area contributed by atoms with Crippen LogP contribution in [0.15, 0.2) is 34.7 Å². The van der Waals surface area contributed by atoms with Crippen LogP contribution in [-0.4, -0.2) is 37.0 Å². The molecule has 0 unspecified atom stereocenters. The van der Waals surface area contributed by atoms with E-state index in [2.05, 4.69) is 16.3 Å². The lowest BCUT2D eigenvalue weighted by atomic mass is 9.96. The van der Waals surface area contributed by atoms with Crippen LogP contribution < -0.4 is 10.1 Å². The molecule has 0 aliphatic carbocycles. The first-order valence-corrected chi connectivity index (χ1v) is 9.85. The van der Waals surface area contributed by atoms with Crippen LogP contribution in [0.3, 0.4) is 0 Å². The first-order chi connectivity index (χ1) is 13.1. The Morgan fingerprint density at radius 1 is 1.26 bits per heavy atom. The van der Waals surface area contributed by atoms with Gasteiger partial charge in [0.1, 0.15) is 17.3 Å². The highest BCUT2D eigenvalue weighted by atomic mass is 16.5. The minimum absolute atomic E-state index is 0.0500. The zero-order chi connectivity index (χ0) is 19.2. The second kappa shape index (κ2) is 9.09. The van der Waals surface area contributed by atoms with E-state index < -0.39 is 0 Å². The van der Waals surface area contributed by atoms with Gasteiger partial charge in [0.25, 0.3) is 5.91 Å². The number of amides is 1. The average molecular weight is 370 g/mol. The van der Waals surface area contributed by atoms with Crippen LogP contribution in [0.4, 0.5) is 0 Å². The van der Waals surface area contributed by atoms with E-state index in [1.165, 1.54) is 5.56 Å². The lowest BCUT2D eigenvalue weighted by Gasteiger charge is -2.31. The Hall–Kier alpha value is -2.27. The summed E-state index contributed by atoms with van der Waals surface area (Å²) in [6.07, 6.45) is 2.20. The molecule has 1 aliphatic rings. The van der Waals surface area contributed by atoms with E-state index in [0.29, 0.717) is 23.8 Å². The Morgan fingerprint density at radius 2 is 2.00 bits per heavy atom. The molecular formula is C22H30N2O3. The van der Waals surface area contributed by atoms with Crippen molar-refractivity contribution < 1.29 is 13.9 Å². The zero-order valence-corrected chi connectivity index (χ0v) is 16.6. The Bertz CT molecular complexity index is 761. The fraction of sp³-hybridized carbons (Fsp3) is 0.500. The number of hydrogen-bond donors (Lipinski definition) is 1. The lowest BCUT2D eigenvalue weighted by Crippen LogP contribution is -2.38. The van der Waals surface area contributed by atoms with Gasteiger partial charge in [-0.25, -0.2) is 0 Å². The quantitative estimate of drug-likeness (QED) is 0.802. The molecule has 1 saturated heterocycles. The number of likely N-dealkylation sites (tertiary alicyclic amines) is 1. The van der Waals surface area contributed by atoms with Crippen LogP contribution in [0, 0.1) is 19.8 Å². The number of hydrogen-bond acceptors (Lipinski definition) is 4. The maximum absolute atomic E-state index is 12.5. The number of furan rings is 1. The smallest absolute Gasteiger partial charge is 0.255 e. The predicted molar refractivity (Wildman–Crippen MR) is 106 cm³/mol. The van der Waals surface area contributed by atoms with E-state index in [1.54, 1.807) is 0 Å². The van der Waals surface area contributed by atoms with Crippen LogP contribution in [0.25, 0.3) is 0 Å². The van der Waals surface area contributed by atoms with Crippen molar-refractivity contribution in [3.05, 3.63) is 53.0 Å². The summed E-state index contributed by atoms with van der Waals surface area (Å²) in [5.74, 6) is 3.13. The van der Waals surface area contributed by atoms with Crippen LogP contribution in [-0.2, 0) is 6.54 Å². The van der Waals surface area contributed by atoms with E-state index in [0.717, 1.165) is 50.5 Å². The van der Waals surface area contributed by atoms with Gasteiger partial charge >= 0.3 is 0 Å². The van der Waals surface area contributed by atoms with Crippen molar-refractivity contribution in [2.75, 3.05) is 26.2 Å². The van der Waals surface area contributed by atoms with Crippen molar-refractivity contribution in [1.82, 2.24) is 10.2 Å². The number of carbonyl (C=O) groups is 1.